The van der Waals surface area contributed by atoms with Gasteiger partial charge < -0.3 is 9.80 Å². The summed E-state index contributed by atoms with van der Waals surface area (Å²) in [4.78, 5) is 32.6. The number of hydrogen-bond acceptors (Lipinski definition) is 4. The van der Waals surface area contributed by atoms with Gasteiger partial charge in [0.05, 0.1) is 11.7 Å². The first-order chi connectivity index (χ1) is 14.5. The molecule has 1 aromatic heterocycles. The molecule has 1 aliphatic heterocycles. The molecule has 4 rings (SSSR count). The fourth-order valence-electron chi connectivity index (χ4n) is 3.64. The van der Waals surface area contributed by atoms with Crippen LogP contribution in [0.2, 0.25) is 0 Å². The first-order valence-corrected chi connectivity index (χ1v) is 9.78. The van der Waals surface area contributed by atoms with Crippen molar-refractivity contribution < 1.29 is 9.59 Å². The van der Waals surface area contributed by atoms with Crippen LogP contribution in [-0.4, -0.2) is 50.0 Å². The molecule has 7 heteroatoms. The third kappa shape index (κ3) is 3.50. The maximum Gasteiger partial charge on any atom is 0.258 e. The Morgan fingerprint density at radius 3 is 2.47 bits per heavy atom. The summed E-state index contributed by atoms with van der Waals surface area (Å²) in [6.07, 6.45) is 3.36. The van der Waals surface area contributed by atoms with E-state index >= 15 is 0 Å². The molecule has 152 valence electrons. The number of aromatic nitrogens is 3. The van der Waals surface area contributed by atoms with Gasteiger partial charge in [0.1, 0.15) is 12.7 Å². The molecular formula is C23H23N5O2. The lowest BCUT2D eigenvalue weighted by molar-refractivity contribution is -0.131. The number of carbonyl (C=O) groups excluding carboxylic acids is 2. The van der Waals surface area contributed by atoms with Crippen LogP contribution in [0.4, 0.5) is 0 Å². The molecule has 0 aliphatic carbocycles. The van der Waals surface area contributed by atoms with Gasteiger partial charge in [0.25, 0.3) is 5.91 Å². The van der Waals surface area contributed by atoms with Crippen LogP contribution in [0.15, 0.2) is 67.8 Å². The lowest BCUT2D eigenvalue weighted by atomic mass is 10.1. The average Bonchev–Trinajstić information content (AvgIpc) is 3.40. The molecule has 1 unspecified atom stereocenters. The first-order valence-electron chi connectivity index (χ1n) is 9.78. The molecule has 2 amide bonds. The maximum absolute atomic E-state index is 12.8. The molecule has 0 N–H and O–H groups in total. The van der Waals surface area contributed by atoms with Gasteiger partial charge in [-0.25, -0.2) is 9.67 Å². The van der Waals surface area contributed by atoms with Crippen molar-refractivity contribution in [2.45, 2.75) is 19.4 Å². The fraction of sp³-hybridized carbons (Fsp3) is 0.217. The van der Waals surface area contributed by atoms with Crippen LogP contribution in [0.1, 0.15) is 40.9 Å². The first kappa shape index (κ1) is 19.6. The minimum atomic E-state index is -0.100. The van der Waals surface area contributed by atoms with Crippen molar-refractivity contribution in [2.75, 3.05) is 13.6 Å². The number of nitrogens with zero attached hydrogens (tertiary/aromatic N) is 5. The highest BCUT2D eigenvalue weighted by atomic mass is 16.2. The minimum Gasteiger partial charge on any atom is -0.339 e. The second-order valence-electron chi connectivity index (χ2n) is 7.31. The predicted molar refractivity (Wildman–Crippen MR) is 114 cm³/mol. The quantitative estimate of drug-likeness (QED) is 0.635. The number of rotatable bonds is 6. The highest BCUT2D eigenvalue weighted by molar-refractivity contribution is 6.08. The van der Waals surface area contributed by atoms with Gasteiger partial charge in [-0.3, -0.25) is 9.59 Å². The lowest BCUT2D eigenvalue weighted by Crippen LogP contribution is -2.33. The molecular weight excluding hydrogens is 378 g/mol. The Balaban J connectivity index is 1.38. The number of amides is 2. The highest BCUT2D eigenvalue weighted by Gasteiger charge is 2.31. The molecule has 0 radical (unpaired) electrons. The van der Waals surface area contributed by atoms with Gasteiger partial charge in [0, 0.05) is 36.8 Å². The molecule has 3 aromatic rings. The Labute approximate surface area is 175 Å². The molecule has 1 aliphatic rings. The van der Waals surface area contributed by atoms with Crippen LogP contribution in [0.3, 0.4) is 0 Å². The number of benzene rings is 2. The van der Waals surface area contributed by atoms with E-state index in [0.717, 1.165) is 16.8 Å². The standard InChI is InChI=1S/C23H23N5O2/c1-16(18-8-10-19(11-9-18)28-15-24-14-25-28)26(3)22(29)12-13-27-17(2)20-6-4-5-7-21(20)23(27)30/h4-11,14-16H,2,12-13H2,1,3H3. The van der Waals surface area contributed by atoms with Crippen molar-refractivity contribution in [3.63, 3.8) is 0 Å². The highest BCUT2D eigenvalue weighted by Crippen LogP contribution is 2.31. The number of carbonyl (C=O) groups is 2. The monoisotopic (exact) mass is 401 g/mol. The van der Waals surface area contributed by atoms with Crippen LogP contribution in [0.25, 0.3) is 11.4 Å². The zero-order valence-electron chi connectivity index (χ0n) is 17.0. The Hall–Kier alpha value is -3.74. The lowest BCUT2D eigenvalue weighted by Gasteiger charge is -2.27. The van der Waals surface area contributed by atoms with Gasteiger partial charge in [-0.15, -0.1) is 0 Å². The Morgan fingerprint density at radius 2 is 1.83 bits per heavy atom. The van der Waals surface area contributed by atoms with Gasteiger partial charge >= 0.3 is 0 Å². The molecule has 0 bridgehead atoms. The second kappa shape index (κ2) is 7.94. The van der Waals surface area contributed by atoms with Crippen molar-refractivity contribution in [3.8, 4) is 5.69 Å². The van der Waals surface area contributed by atoms with E-state index < -0.39 is 0 Å². The van der Waals surface area contributed by atoms with E-state index in [1.165, 1.54) is 6.33 Å². The van der Waals surface area contributed by atoms with Gasteiger partial charge in [-0.05, 0) is 30.7 Å². The topological polar surface area (TPSA) is 71.3 Å². The normalized spacial score (nSPS) is 14.0. The van der Waals surface area contributed by atoms with Gasteiger partial charge in [0.15, 0.2) is 0 Å². The van der Waals surface area contributed by atoms with Gasteiger partial charge in [-0.1, -0.05) is 36.9 Å². The number of hydrogen-bond donors (Lipinski definition) is 0. The van der Waals surface area contributed by atoms with Crippen LogP contribution in [0, 0.1) is 0 Å². The molecule has 0 fully saturated rings. The van der Waals surface area contributed by atoms with Crippen LogP contribution in [0.5, 0.6) is 0 Å². The largest absolute Gasteiger partial charge is 0.339 e. The van der Waals surface area contributed by atoms with Gasteiger partial charge in [-0.2, -0.15) is 5.10 Å². The molecule has 1 atom stereocenters. The summed E-state index contributed by atoms with van der Waals surface area (Å²) in [6, 6.07) is 15.2. The van der Waals surface area contributed by atoms with E-state index in [1.807, 2.05) is 49.4 Å². The summed E-state index contributed by atoms with van der Waals surface area (Å²) in [6.45, 7) is 6.33. The van der Waals surface area contributed by atoms with Crippen LogP contribution >= 0.6 is 0 Å². The van der Waals surface area contributed by atoms with E-state index in [9.17, 15) is 9.59 Å². The molecule has 7 nitrogen and oxygen atoms in total. The van der Waals surface area contributed by atoms with Crippen molar-refractivity contribution in [1.82, 2.24) is 24.6 Å². The van der Waals surface area contributed by atoms with Crippen molar-refractivity contribution >= 4 is 17.5 Å². The fourth-order valence-corrected chi connectivity index (χ4v) is 3.64. The summed E-state index contributed by atoms with van der Waals surface area (Å²) >= 11 is 0. The zero-order valence-corrected chi connectivity index (χ0v) is 17.0. The van der Waals surface area contributed by atoms with Gasteiger partial charge in [0.2, 0.25) is 5.91 Å². The third-order valence-electron chi connectivity index (χ3n) is 5.62. The minimum absolute atomic E-state index is 0.0283. The van der Waals surface area contributed by atoms with Crippen molar-refractivity contribution in [1.29, 1.82) is 0 Å². The van der Waals surface area contributed by atoms with E-state index in [2.05, 4.69) is 16.7 Å². The molecule has 0 spiro atoms. The zero-order chi connectivity index (χ0) is 21.3. The summed E-state index contributed by atoms with van der Waals surface area (Å²) < 4.78 is 1.68. The summed E-state index contributed by atoms with van der Waals surface area (Å²) in [7, 11) is 1.79. The van der Waals surface area contributed by atoms with Crippen molar-refractivity contribution in [2.24, 2.45) is 0 Å². The van der Waals surface area contributed by atoms with E-state index in [4.69, 9.17) is 0 Å². The van der Waals surface area contributed by atoms with E-state index in [1.54, 1.807) is 33.9 Å². The second-order valence-corrected chi connectivity index (χ2v) is 7.31. The smallest absolute Gasteiger partial charge is 0.258 e. The number of fused-ring (bicyclic) bond motifs is 1. The summed E-state index contributed by atoms with van der Waals surface area (Å²) in [5.74, 6) is -0.123. The Morgan fingerprint density at radius 1 is 1.13 bits per heavy atom. The maximum atomic E-state index is 12.8. The molecule has 30 heavy (non-hydrogen) atoms. The summed E-state index contributed by atoms with van der Waals surface area (Å²) in [5.41, 5.74) is 4.06. The van der Waals surface area contributed by atoms with E-state index in [-0.39, 0.29) is 24.3 Å². The molecule has 2 aromatic carbocycles. The predicted octanol–water partition coefficient (Wildman–Crippen LogP) is 3.30. The Bertz CT molecular complexity index is 1050. The summed E-state index contributed by atoms with van der Waals surface area (Å²) in [5, 5.41) is 4.12. The third-order valence-corrected chi connectivity index (χ3v) is 5.62. The van der Waals surface area contributed by atoms with Crippen molar-refractivity contribution in [3.05, 3.63) is 84.5 Å². The molecule has 0 saturated heterocycles. The molecule has 0 saturated carbocycles. The average molecular weight is 401 g/mol. The van der Waals surface area contributed by atoms with Crippen LogP contribution < -0.4 is 0 Å². The molecule has 2 heterocycles. The van der Waals surface area contributed by atoms with Crippen LogP contribution in [-0.2, 0) is 4.79 Å². The Kier molecular flexibility index (Phi) is 5.18. The van der Waals surface area contributed by atoms with E-state index in [0.29, 0.717) is 17.8 Å². The SMILES string of the molecule is C=C1c2ccccc2C(=O)N1CCC(=O)N(C)C(C)c1ccc(-n2cncn2)cc1.